The van der Waals surface area contributed by atoms with Crippen molar-refractivity contribution in [1.29, 1.82) is 0 Å². The summed E-state index contributed by atoms with van der Waals surface area (Å²) in [5, 5.41) is 10.5. The molecule has 2 aliphatic rings. The van der Waals surface area contributed by atoms with Gasteiger partial charge in [0.15, 0.2) is 15.0 Å². The standard InChI is InChI=1S/C14H16N2O4S3/c17-8-5-23(19,20)6-10(8)22-14-15-12(18)11-7-3-1-2-4-9(7)21-13(11)16-14/h8,10,17H,1-6H2,(H,15,16,18)/t8-,10-/m0/s1. The van der Waals surface area contributed by atoms with Crippen LogP contribution in [0.15, 0.2) is 9.95 Å². The molecule has 6 nitrogen and oxygen atoms in total. The maximum Gasteiger partial charge on any atom is 0.260 e. The fourth-order valence-corrected chi connectivity index (χ4v) is 8.04. The van der Waals surface area contributed by atoms with Gasteiger partial charge in [-0.15, -0.1) is 11.3 Å². The molecule has 23 heavy (non-hydrogen) atoms. The van der Waals surface area contributed by atoms with E-state index in [1.807, 2.05) is 0 Å². The van der Waals surface area contributed by atoms with Crippen molar-refractivity contribution in [1.82, 2.24) is 9.97 Å². The van der Waals surface area contributed by atoms with Crippen molar-refractivity contribution in [3.8, 4) is 0 Å². The Hall–Kier alpha value is -0.900. The van der Waals surface area contributed by atoms with Crippen LogP contribution in [-0.2, 0) is 22.7 Å². The predicted octanol–water partition coefficient (Wildman–Crippen LogP) is 1.11. The van der Waals surface area contributed by atoms with E-state index in [0.29, 0.717) is 10.5 Å². The Balaban J connectivity index is 1.71. The number of fused-ring (bicyclic) bond motifs is 3. The number of thiophene rings is 1. The van der Waals surface area contributed by atoms with Crippen LogP contribution in [0.2, 0.25) is 0 Å². The van der Waals surface area contributed by atoms with Gasteiger partial charge in [-0.05, 0) is 31.2 Å². The Labute approximate surface area is 141 Å². The summed E-state index contributed by atoms with van der Waals surface area (Å²) >= 11 is 2.71. The summed E-state index contributed by atoms with van der Waals surface area (Å²) < 4.78 is 23.2. The van der Waals surface area contributed by atoms with Crippen molar-refractivity contribution in [3.63, 3.8) is 0 Å². The normalized spacial score (nSPS) is 26.5. The first kappa shape index (κ1) is 15.6. The molecule has 0 unspecified atom stereocenters. The number of aryl methyl sites for hydroxylation is 2. The summed E-state index contributed by atoms with van der Waals surface area (Å²) in [7, 11) is -3.21. The van der Waals surface area contributed by atoms with Gasteiger partial charge in [0, 0.05) is 4.88 Å². The maximum atomic E-state index is 12.4. The third kappa shape index (κ3) is 2.84. The highest BCUT2D eigenvalue weighted by Gasteiger charge is 2.37. The average Bonchev–Trinajstić information content (AvgIpc) is 2.95. The van der Waals surface area contributed by atoms with E-state index in [9.17, 15) is 18.3 Å². The Morgan fingerprint density at radius 3 is 2.78 bits per heavy atom. The molecular weight excluding hydrogens is 356 g/mol. The number of aliphatic hydroxyl groups is 1. The molecule has 0 amide bonds. The van der Waals surface area contributed by atoms with Crippen LogP contribution in [-0.4, -0.2) is 46.4 Å². The molecule has 3 heterocycles. The highest BCUT2D eigenvalue weighted by Crippen LogP contribution is 2.35. The lowest BCUT2D eigenvalue weighted by Gasteiger charge is -2.11. The molecule has 1 saturated heterocycles. The van der Waals surface area contributed by atoms with E-state index in [0.717, 1.165) is 47.8 Å². The smallest absolute Gasteiger partial charge is 0.260 e. The van der Waals surface area contributed by atoms with Gasteiger partial charge >= 0.3 is 0 Å². The van der Waals surface area contributed by atoms with E-state index in [4.69, 9.17) is 0 Å². The van der Waals surface area contributed by atoms with Gasteiger partial charge in [-0.2, -0.15) is 0 Å². The molecule has 0 radical (unpaired) electrons. The van der Waals surface area contributed by atoms with Gasteiger partial charge in [-0.25, -0.2) is 13.4 Å². The molecule has 4 rings (SSSR count). The minimum atomic E-state index is -3.21. The van der Waals surface area contributed by atoms with E-state index in [2.05, 4.69) is 9.97 Å². The molecule has 124 valence electrons. The van der Waals surface area contributed by atoms with Crippen LogP contribution in [0.1, 0.15) is 23.3 Å². The topological polar surface area (TPSA) is 100 Å². The lowest BCUT2D eigenvalue weighted by molar-refractivity contribution is 0.207. The molecule has 9 heteroatoms. The first-order valence-electron chi connectivity index (χ1n) is 7.53. The van der Waals surface area contributed by atoms with Crippen LogP contribution in [0.25, 0.3) is 10.2 Å². The van der Waals surface area contributed by atoms with Gasteiger partial charge in [0.1, 0.15) is 4.83 Å². The van der Waals surface area contributed by atoms with E-state index in [-0.39, 0.29) is 17.1 Å². The second-order valence-corrected chi connectivity index (χ2v) is 10.5. The van der Waals surface area contributed by atoms with Crippen molar-refractivity contribution >= 4 is 43.2 Å². The lowest BCUT2D eigenvalue weighted by atomic mass is 9.97. The molecule has 2 aromatic rings. The maximum absolute atomic E-state index is 12.4. The van der Waals surface area contributed by atoms with Crippen LogP contribution in [0.5, 0.6) is 0 Å². The molecule has 1 aliphatic carbocycles. The molecular formula is C14H16N2O4S3. The van der Waals surface area contributed by atoms with E-state index in [1.54, 1.807) is 11.3 Å². The first-order chi connectivity index (χ1) is 10.9. The van der Waals surface area contributed by atoms with Gasteiger partial charge < -0.3 is 10.1 Å². The van der Waals surface area contributed by atoms with Gasteiger partial charge in [0.05, 0.1) is 28.2 Å². The van der Waals surface area contributed by atoms with Crippen molar-refractivity contribution in [2.24, 2.45) is 0 Å². The fourth-order valence-electron chi connectivity index (χ4n) is 3.25. The second kappa shape index (κ2) is 5.58. The first-order valence-corrected chi connectivity index (χ1v) is 11.0. The summed E-state index contributed by atoms with van der Waals surface area (Å²) in [6.45, 7) is 0. The lowest BCUT2D eigenvalue weighted by Crippen LogP contribution is -2.21. The van der Waals surface area contributed by atoms with Crippen molar-refractivity contribution in [2.75, 3.05) is 11.5 Å². The molecule has 0 bridgehead atoms. The number of rotatable bonds is 2. The number of H-pyrrole nitrogens is 1. The highest BCUT2D eigenvalue weighted by molar-refractivity contribution is 8.01. The molecule has 0 aromatic carbocycles. The van der Waals surface area contributed by atoms with Gasteiger partial charge in [0.25, 0.3) is 5.56 Å². The van der Waals surface area contributed by atoms with Crippen LogP contribution >= 0.6 is 23.1 Å². The third-order valence-corrected chi connectivity index (χ3v) is 8.65. The average molecular weight is 372 g/mol. The van der Waals surface area contributed by atoms with E-state index >= 15 is 0 Å². The van der Waals surface area contributed by atoms with Gasteiger partial charge in [-0.3, -0.25) is 4.79 Å². The number of aromatic nitrogens is 2. The summed E-state index contributed by atoms with van der Waals surface area (Å²) in [6, 6.07) is 0. The number of nitrogens with zero attached hydrogens (tertiary/aromatic N) is 1. The van der Waals surface area contributed by atoms with E-state index in [1.165, 1.54) is 4.88 Å². The summed E-state index contributed by atoms with van der Waals surface area (Å²) in [6.07, 6.45) is 3.25. The molecule has 0 spiro atoms. The molecule has 2 atom stereocenters. The molecule has 2 N–H and O–H groups in total. The Morgan fingerprint density at radius 1 is 1.26 bits per heavy atom. The van der Waals surface area contributed by atoms with Crippen molar-refractivity contribution in [3.05, 3.63) is 20.8 Å². The highest BCUT2D eigenvalue weighted by atomic mass is 32.2. The number of nitrogens with one attached hydrogen (secondary N) is 1. The van der Waals surface area contributed by atoms with E-state index < -0.39 is 21.2 Å². The molecule has 0 saturated carbocycles. The SMILES string of the molecule is O=c1[nH]c(S[C@H]2CS(=O)(=O)C[C@@H]2O)nc2sc3c(c12)CCCC3. The molecule has 2 aromatic heterocycles. The van der Waals surface area contributed by atoms with Gasteiger partial charge in [-0.1, -0.05) is 11.8 Å². The number of hydrogen-bond donors (Lipinski definition) is 2. The Kier molecular flexibility index (Phi) is 3.79. The van der Waals surface area contributed by atoms with Gasteiger partial charge in [0.2, 0.25) is 0 Å². The Morgan fingerprint density at radius 2 is 2.04 bits per heavy atom. The number of hydrogen-bond acceptors (Lipinski definition) is 7. The van der Waals surface area contributed by atoms with Crippen molar-refractivity contribution in [2.45, 2.75) is 42.2 Å². The second-order valence-electron chi connectivity index (χ2n) is 6.06. The molecule has 1 fully saturated rings. The summed E-state index contributed by atoms with van der Waals surface area (Å²) in [5.74, 6) is -0.300. The monoisotopic (exact) mass is 372 g/mol. The minimum absolute atomic E-state index is 0.0818. The van der Waals surface area contributed by atoms with Crippen LogP contribution in [0.4, 0.5) is 0 Å². The number of aromatic amines is 1. The quantitative estimate of drug-likeness (QED) is 0.766. The Bertz CT molecular complexity index is 931. The number of thioether (sulfide) groups is 1. The summed E-state index contributed by atoms with van der Waals surface area (Å²) in [4.78, 5) is 21.7. The number of aliphatic hydroxyl groups excluding tert-OH is 1. The largest absolute Gasteiger partial charge is 0.391 e. The number of sulfone groups is 1. The van der Waals surface area contributed by atoms with Crippen LogP contribution < -0.4 is 5.56 Å². The molecule has 1 aliphatic heterocycles. The predicted molar refractivity (Wildman–Crippen MR) is 91.2 cm³/mol. The van der Waals surface area contributed by atoms with Crippen LogP contribution in [0.3, 0.4) is 0 Å². The van der Waals surface area contributed by atoms with Crippen LogP contribution in [0, 0.1) is 0 Å². The van der Waals surface area contributed by atoms with Crippen molar-refractivity contribution < 1.29 is 13.5 Å². The third-order valence-electron chi connectivity index (χ3n) is 4.34. The zero-order valence-corrected chi connectivity index (χ0v) is 14.7. The zero-order valence-electron chi connectivity index (χ0n) is 12.2. The summed E-state index contributed by atoms with van der Waals surface area (Å²) in [5.41, 5.74) is 0.970. The fraction of sp³-hybridized carbons (Fsp3) is 0.571. The zero-order chi connectivity index (χ0) is 16.2. The minimum Gasteiger partial charge on any atom is -0.391 e.